The molecule has 3 aromatic carbocycles. The lowest BCUT2D eigenvalue weighted by molar-refractivity contribution is -0.274. The molecule has 0 unspecified atom stereocenters. The molecule has 1 aliphatic rings. The molecule has 13 heteroatoms. The number of hydrogen-bond acceptors (Lipinski definition) is 6. The summed E-state index contributed by atoms with van der Waals surface area (Å²) in [5.74, 6) is 0.168. The maximum absolute atomic E-state index is 13.1. The standard InChI is InChI=1S/C32H31F3N6O3S/c1-5-6-21-8-7-20(2)17-26(21)41-27(42)18-45-30(41)37-29(43)38-31(3,4)23-11-9-22(10-12-23)28-36-19-40(39-28)24-13-15-25(16-14-24)44-32(33,34)35/h7-17,19H,5-6,18H2,1-4H3,(H,38,43). The predicted octanol–water partition coefficient (Wildman–Crippen LogP) is 7.17. The molecule has 2 heterocycles. The van der Waals surface area contributed by atoms with Crippen LogP contribution in [0.1, 0.15) is 43.9 Å². The van der Waals surface area contributed by atoms with E-state index in [1.54, 1.807) is 4.90 Å². The summed E-state index contributed by atoms with van der Waals surface area (Å²) >= 11 is 1.24. The molecule has 0 saturated carbocycles. The third-order valence-electron chi connectivity index (χ3n) is 7.07. The first-order valence-electron chi connectivity index (χ1n) is 14.2. The van der Waals surface area contributed by atoms with Crippen LogP contribution in [0.15, 0.2) is 78.0 Å². The van der Waals surface area contributed by atoms with E-state index in [9.17, 15) is 22.8 Å². The molecule has 234 valence electrons. The molecular formula is C32H31F3N6O3S. The molecule has 3 amide bonds. The Labute approximate surface area is 262 Å². The number of nitrogens with zero attached hydrogens (tertiary/aromatic N) is 5. The van der Waals surface area contributed by atoms with Gasteiger partial charge in [-0.25, -0.2) is 14.5 Å². The van der Waals surface area contributed by atoms with Crippen LogP contribution in [-0.2, 0) is 16.8 Å². The van der Waals surface area contributed by atoms with E-state index in [0.717, 1.165) is 35.2 Å². The summed E-state index contributed by atoms with van der Waals surface area (Å²) in [4.78, 5) is 36.2. The second-order valence-electron chi connectivity index (χ2n) is 11.0. The first-order chi connectivity index (χ1) is 21.3. The Balaban J connectivity index is 1.28. The highest BCUT2D eigenvalue weighted by Gasteiger charge is 2.33. The van der Waals surface area contributed by atoms with Crippen molar-refractivity contribution in [3.05, 3.63) is 89.7 Å². The van der Waals surface area contributed by atoms with Crippen molar-refractivity contribution in [3.63, 3.8) is 0 Å². The number of aryl methyl sites for hydroxylation is 2. The molecule has 45 heavy (non-hydrogen) atoms. The van der Waals surface area contributed by atoms with Crippen LogP contribution in [-0.4, -0.2) is 44.0 Å². The van der Waals surface area contributed by atoms with Gasteiger partial charge in [-0.15, -0.1) is 18.3 Å². The van der Waals surface area contributed by atoms with Crippen LogP contribution in [0.25, 0.3) is 17.1 Å². The highest BCUT2D eigenvalue weighted by molar-refractivity contribution is 8.15. The van der Waals surface area contributed by atoms with E-state index in [0.29, 0.717) is 22.2 Å². The molecule has 1 fully saturated rings. The first kappa shape index (κ1) is 31.8. The zero-order valence-corrected chi connectivity index (χ0v) is 25.9. The number of nitrogens with one attached hydrogen (secondary N) is 1. The largest absolute Gasteiger partial charge is 0.573 e. The number of halogens is 3. The molecule has 9 nitrogen and oxygen atoms in total. The van der Waals surface area contributed by atoms with Crippen molar-refractivity contribution < 1.29 is 27.5 Å². The van der Waals surface area contributed by atoms with Crippen molar-refractivity contribution in [2.24, 2.45) is 4.99 Å². The van der Waals surface area contributed by atoms with Gasteiger partial charge in [0.2, 0.25) is 5.91 Å². The zero-order chi connectivity index (χ0) is 32.4. The van der Waals surface area contributed by atoms with Crippen LogP contribution < -0.4 is 15.0 Å². The number of carbonyl (C=O) groups excluding carboxylic acids is 2. The summed E-state index contributed by atoms with van der Waals surface area (Å²) in [5.41, 5.74) is 4.01. The Hall–Kier alpha value is -4.65. The number of carbonyl (C=O) groups is 2. The molecule has 0 aliphatic carbocycles. The molecule has 4 aromatic rings. The SMILES string of the molecule is CCCc1ccc(C)cc1N1C(=O)CSC1=NC(=O)NC(C)(C)c1ccc(-c2ncn(-c3ccc(OC(F)(F)F)cc3)n2)cc1. The lowest BCUT2D eigenvalue weighted by Crippen LogP contribution is -2.40. The number of alkyl halides is 3. The predicted molar refractivity (Wildman–Crippen MR) is 168 cm³/mol. The molecule has 0 atom stereocenters. The molecule has 0 spiro atoms. The Bertz CT molecular complexity index is 1730. The Kier molecular flexibility index (Phi) is 9.01. The van der Waals surface area contributed by atoms with Crippen LogP contribution in [0.5, 0.6) is 5.75 Å². The van der Waals surface area contributed by atoms with Gasteiger partial charge in [-0.1, -0.05) is 61.5 Å². The van der Waals surface area contributed by atoms with Gasteiger partial charge < -0.3 is 10.1 Å². The number of anilines is 1. The molecule has 1 saturated heterocycles. The number of amidine groups is 1. The minimum atomic E-state index is -4.77. The normalized spacial score (nSPS) is 14.7. The summed E-state index contributed by atoms with van der Waals surface area (Å²) in [6.45, 7) is 7.74. The number of amides is 3. The maximum atomic E-state index is 13.1. The maximum Gasteiger partial charge on any atom is 0.573 e. The lowest BCUT2D eigenvalue weighted by Gasteiger charge is -2.26. The molecule has 1 N–H and O–H groups in total. The lowest BCUT2D eigenvalue weighted by atomic mass is 9.93. The Morgan fingerprint density at radius 2 is 1.78 bits per heavy atom. The summed E-state index contributed by atoms with van der Waals surface area (Å²) < 4.78 is 42.7. The Morgan fingerprint density at radius 1 is 1.07 bits per heavy atom. The average molecular weight is 637 g/mol. The van der Waals surface area contributed by atoms with Crippen LogP contribution >= 0.6 is 11.8 Å². The number of ether oxygens (including phenoxy) is 1. The third kappa shape index (κ3) is 7.54. The average Bonchev–Trinajstić information content (AvgIpc) is 3.61. The smallest absolute Gasteiger partial charge is 0.406 e. The second-order valence-corrected chi connectivity index (χ2v) is 11.9. The molecule has 5 rings (SSSR count). The van der Waals surface area contributed by atoms with E-state index in [-0.39, 0.29) is 17.4 Å². The fraction of sp³-hybridized carbons (Fsp3) is 0.281. The van der Waals surface area contributed by atoms with Crippen molar-refractivity contribution in [3.8, 4) is 22.8 Å². The first-order valence-corrected chi connectivity index (χ1v) is 15.2. The van der Waals surface area contributed by atoms with Crippen molar-refractivity contribution in [2.45, 2.75) is 52.4 Å². The van der Waals surface area contributed by atoms with E-state index in [2.05, 4.69) is 32.1 Å². The van der Waals surface area contributed by atoms with Gasteiger partial charge in [0.15, 0.2) is 11.0 Å². The fourth-order valence-electron chi connectivity index (χ4n) is 4.86. The van der Waals surface area contributed by atoms with E-state index >= 15 is 0 Å². The molecule has 1 aliphatic heterocycles. The van der Waals surface area contributed by atoms with Gasteiger partial charge in [0.25, 0.3) is 0 Å². The van der Waals surface area contributed by atoms with E-state index in [1.807, 2.05) is 63.2 Å². The van der Waals surface area contributed by atoms with Crippen molar-refractivity contribution >= 4 is 34.6 Å². The van der Waals surface area contributed by atoms with Gasteiger partial charge in [-0.3, -0.25) is 9.69 Å². The molecule has 1 aromatic heterocycles. The summed E-state index contributed by atoms with van der Waals surface area (Å²) in [6, 6.07) is 18.0. The minimum absolute atomic E-state index is 0.118. The van der Waals surface area contributed by atoms with Gasteiger partial charge in [0, 0.05) is 5.56 Å². The summed E-state index contributed by atoms with van der Waals surface area (Å²) in [5, 5.41) is 7.72. The Morgan fingerprint density at radius 3 is 2.44 bits per heavy atom. The van der Waals surface area contributed by atoms with Gasteiger partial charge in [-0.05, 0) is 74.2 Å². The highest BCUT2D eigenvalue weighted by atomic mass is 32.2. The number of aliphatic imine (C=N–C) groups is 1. The van der Waals surface area contributed by atoms with Gasteiger partial charge >= 0.3 is 12.4 Å². The van der Waals surface area contributed by atoms with Crippen LogP contribution in [0.4, 0.5) is 23.7 Å². The fourth-order valence-corrected chi connectivity index (χ4v) is 5.71. The molecule has 0 bridgehead atoms. The number of thioether (sulfide) groups is 1. The van der Waals surface area contributed by atoms with Crippen LogP contribution in [0, 0.1) is 6.92 Å². The van der Waals surface area contributed by atoms with Gasteiger partial charge in [0.05, 0.1) is 22.7 Å². The van der Waals surface area contributed by atoms with Crippen LogP contribution in [0.3, 0.4) is 0 Å². The highest BCUT2D eigenvalue weighted by Crippen LogP contribution is 2.32. The number of hydrogen-bond donors (Lipinski definition) is 1. The minimum Gasteiger partial charge on any atom is -0.406 e. The summed E-state index contributed by atoms with van der Waals surface area (Å²) in [6.07, 6.45) is -1.59. The van der Waals surface area contributed by atoms with Crippen molar-refractivity contribution in [2.75, 3.05) is 10.7 Å². The van der Waals surface area contributed by atoms with E-state index in [1.165, 1.54) is 47.0 Å². The number of benzene rings is 3. The zero-order valence-electron chi connectivity index (χ0n) is 25.1. The van der Waals surface area contributed by atoms with Crippen molar-refractivity contribution in [1.29, 1.82) is 0 Å². The topological polar surface area (TPSA) is 102 Å². The van der Waals surface area contributed by atoms with E-state index < -0.39 is 17.9 Å². The number of aromatic nitrogens is 3. The monoisotopic (exact) mass is 636 g/mol. The van der Waals surface area contributed by atoms with Crippen molar-refractivity contribution in [1.82, 2.24) is 20.1 Å². The molecule has 0 radical (unpaired) electrons. The summed E-state index contributed by atoms with van der Waals surface area (Å²) in [7, 11) is 0. The van der Waals surface area contributed by atoms with Gasteiger partial charge in [0.1, 0.15) is 12.1 Å². The number of rotatable bonds is 8. The third-order valence-corrected chi connectivity index (χ3v) is 8.00. The van der Waals surface area contributed by atoms with E-state index in [4.69, 9.17) is 0 Å². The number of urea groups is 1. The molecular weight excluding hydrogens is 605 g/mol. The second kappa shape index (κ2) is 12.8. The van der Waals surface area contributed by atoms with Gasteiger partial charge in [-0.2, -0.15) is 4.99 Å². The van der Waals surface area contributed by atoms with Crippen LogP contribution in [0.2, 0.25) is 0 Å². The quantitative estimate of drug-likeness (QED) is 0.220.